The summed E-state index contributed by atoms with van der Waals surface area (Å²) in [5.74, 6) is 0.288. The molecule has 0 aliphatic carbocycles. The first-order chi connectivity index (χ1) is 18.3. The van der Waals surface area contributed by atoms with Gasteiger partial charge in [-0.15, -0.1) is 0 Å². The summed E-state index contributed by atoms with van der Waals surface area (Å²) >= 11 is 0. The van der Waals surface area contributed by atoms with E-state index < -0.39 is 17.1 Å². The van der Waals surface area contributed by atoms with Gasteiger partial charge in [0.05, 0.1) is 30.7 Å². The molecule has 1 saturated heterocycles. The van der Waals surface area contributed by atoms with E-state index >= 15 is 0 Å². The number of anilines is 1. The van der Waals surface area contributed by atoms with Crippen LogP contribution in [0.2, 0.25) is 0 Å². The molecule has 6 rings (SSSR count). The van der Waals surface area contributed by atoms with Crippen LogP contribution >= 0.6 is 0 Å². The van der Waals surface area contributed by atoms with Crippen LogP contribution < -0.4 is 15.2 Å². The minimum atomic E-state index is -0.566. The predicted molar refractivity (Wildman–Crippen MR) is 139 cm³/mol. The standard InChI is InChI=1S/C27H24N4O7/c1-36-22-8-14(9-23(37-2)26(22)32)25-24-19(11-16-12-38-27(33)30(16)25)18-7-13(3-6-20(18)29-24)17-5-4-15(28)10-21(17)31(34)35/h3-10,16,25,29,32H,11-12,28H2,1-2H3/t16-,25+/m0/s1. The Labute approximate surface area is 216 Å². The average molecular weight is 517 g/mol. The summed E-state index contributed by atoms with van der Waals surface area (Å²) < 4.78 is 16.2. The lowest BCUT2D eigenvalue weighted by Crippen LogP contribution is -2.42. The zero-order valence-corrected chi connectivity index (χ0v) is 20.6. The summed E-state index contributed by atoms with van der Waals surface area (Å²) in [6, 6.07) is 12.8. The molecular weight excluding hydrogens is 492 g/mol. The van der Waals surface area contributed by atoms with E-state index in [-0.39, 0.29) is 35.6 Å². The maximum Gasteiger partial charge on any atom is 0.411 e. The number of nitrogen functional groups attached to an aromatic ring is 1. The van der Waals surface area contributed by atoms with E-state index in [1.165, 1.54) is 20.3 Å². The Morgan fingerprint density at radius 2 is 1.87 bits per heavy atom. The van der Waals surface area contributed by atoms with Crippen LogP contribution in [0.5, 0.6) is 17.2 Å². The van der Waals surface area contributed by atoms with E-state index in [2.05, 4.69) is 4.98 Å². The van der Waals surface area contributed by atoms with Crippen LogP contribution in [0.3, 0.4) is 0 Å². The Morgan fingerprint density at radius 3 is 2.55 bits per heavy atom. The number of nitro groups is 1. The zero-order valence-electron chi connectivity index (χ0n) is 20.6. The van der Waals surface area contributed by atoms with Gasteiger partial charge >= 0.3 is 6.09 Å². The van der Waals surface area contributed by atoms with Crippen molar-refractivity contribution in [3.63, 3.8) is 0 Å². The molecule has 0 bridgehead atoms. The van der Waals surface area contributed by atoms with E-state index in [0.29, 0.717) is 28.8 Å². The van der Waals surface area contributed by atoms with E-state index in [4.69, 9.17) is 19.9 Å². The Bertz CT molecular complexity index is 1600. The number of nitrogens with zero attached hydrogens (tertiary/aromatic N) is 2. The lowest BCUT2D eigenvalue weighted by atomic mass is 9.88. The zero-order chi connectivity index (χ0) is 26.7. The third-order valence-corrected chi connectivity index (χ3v) is 7.28. The van der Waals surface area contributed by atoms with Crippen LogP contribution in [-0.4, -0.2) is 52.9 Å². The first kappa shape index (κ1) is 23.5. The summed E-state index contributed by atoms with van der Waals surface area (Å²) in [5.41, 5.74) is 10.4. The number of nitro benzene ring substituents is 1. The molecule has 2 aliphatic rings. The van der Waals surface area contributed by atoms with Crippen molar-refractivity contribution in [1.82, 2.24) is 9.88 Å². The quantitative estimate of drug-likeness (QED) is 0.199. The van der Waals surface area contributed by atoms with Gasteiger partial charge in [-0.1, -0.05) is 6.07 Å². The second-order valence-electron chi connectivity index (χ2n) is 9.33. The van der Waals surface area contributed by atoms with Crippen LogP contribution in [0.1, 0.15) is 22.9 Å². The number of aromatic amines is 1. The summed E-state index contributed by atoms with van der Waals surface area (Å²) in [4.78, 5) is 29.3. The van der Waals surface area contributed by atoms with Gasteiger partial charge in [0.25, 0.3) is 5.69 Å². The Morgan fingerprint density at radius 1 is 1.13 bits per heavy atom. The first-order valence-corrected chi connectivity index (χ1v) is 11.9. The number of aromatic hydroxyl groups is 1. The number of ether oxygens (including phenoxy) is 3. The van der Waals surface area contributed by atoms with Crippen LogP contribution in [0.15, 0.2) is 48.5 Å². The number of phenolic OH excluding ortho intramolecular Hbond substituents is 1. The number of rotatable bonds is 5. The van der Waals surface area contributed by atoms with Crippen molar-refractivity contribution in [2.24, 2.45) is 0 Å². The fourth-order valence-corrected chi connectivity index (χ4v) is 5.55. The second-order valence-corrected chi connectivity index (χ2v) is 9.33. The summed E-state index contributed by atoms with van der Waals surface area (Å²) in [7, 11) is 2.89. The van der Waals surface area contributed by atoms with Crippen LogP contribution in [0.4, 0.5) is 16.2 Å². The summed E-state index contributed by atoms with van der Waals surface area (Å²) in [5, 5.41) is 23.1. The molecule has 194 valence electrons. The number of phenols is 1. The first-order valence-electron chi connectivity index (χ1n) is 11.9. The number of H-pyrrole nitrogens is 1. The monoisotopic (exact) mass is 516 g/mol. The van der Waals surface area contributed by atoms with E-state index in [1.54, 1.807) is 29.2 Å². The van der Waals surface area contributed by atoms with Crippen molar-refractivity contribution < 1.29 is 29.0 Å². The molecule has 3 heterocycles. The van der Waals surface area contributed by atoms with Crippen LogP contribution in [0.25, 0.3) is 22.0 Å². The molecule has 1 fully saturated rings. The number of hydrogen-bond donors (Lipinski definition) is 3. The summed E-state index contributed by atoms with van der Waals surface area (Å²) in [6.45, 7) is 0.233. The number of hydrogen-bond acceptors (Lipinski definition) is 8. The van der Waals surface area contributed by atoms with Crippen molar-refractivity contribution in [3.05, 3.63) is 75.5 Å². The smallest absolute Gasteiger partial charge is 0.411 e. The van der Waals surface area contributed by atoms with E-state index in [0.717, 1.165) is 22.2 Å². The third kappa shape index (κ3) is 3.46. The molecule has 2 aliphatic heterocycles. The number of carbonyl (C=O) groups is 1. The molecule has 0 saturated carbocycles. The van der Waals surface area contributed by atoms with Gasteiger partial charge in [-0.2, -0.15) is 0 Å². The maximum absolute atomic E-state index is 12.9. The van der Waals surface area contributed by atoms with Crippen molar-refractivity contribution in [1.29, 1.82) is 0 Å². The van der Waals surface area contributed by atoms with Gasteiger partial charge < -0.3 is 30.0 Å². The summed E-state index contributed by atoms with van der Waals surface area (Å²) in [6.07, 6.45) is 0.102. The van der Waals surface area contributed by atoms with Gasteiger partial charge in [0.2, 0.25) is 5.75 Å². The lowest BCUT2D eigenvalue weighted by molar-refractivity contribution is -0.384. The second kappa shape index (κ2) is 8.58. The topological polar surface area (TPSA) is 153 Å². The van der Waals surface area contributed by atoms with Gasteiger partial charge in [-0.05, 0) is 59.5 Å². The highest BCUT2D eigenvalue weighted by atomic mass is 16.6. The molecule has 4 aromatic rings. The number of methoxy groups -OCH3 is 2. The fourth-order valence-electron chi connectivity index (χ4n) is 5.55. The highest BCUT2D eigenvalue weighted by molar-refractivity contribution is 5.92. The SMILES string of the molecule is COc1cc([C@@H]2c3[nH]c4ccc(-c5ccc(N)cc5[N+](=O)[O-])cc4c3C[C@H]3COC(=O)N32)cc(OC)c1O. The molecule has 0 unspecified atom stereocenters. The molecule has 2 atom stereocenters. The van der Waals surface area contributed by atoms with Gasteiger partial charge in [0, 0.05) is 28.4 Å². The minimum Gasteiger partial charge on any atom is -0.502 e. The molecule has 11 heteroatoms. The Kier molecular flexibility index (Phi) is 5.30. The highest BCUT2D eigenvalue weighted by Crippen LogP contribution is 2.47. The van der Waals surface area contributed by atoms with E-state index in [9.17, 15) is 20.0 Å². The number of amides is 1. The minimum absolute atomic E-state index is 0.0733. The number of nitrogens with one attached hydrogen (secondary N) is 1. The Hall–Kier alpha value is -4.93. The van der Waals surface area contributed by atoms with Gasteiger partial charge in [0.1, 0.15) is 12.6 Å². The predicted octanol–water partition coefficient (Wildman–Crippen LogP) is 4.51. The van der Waals surface area contributed by atoms with Crippen molar-refractivity contribution in [2.75, 3.05) is 26.6 Å². The fraction of sp³-hybridized carbons (Fsp3) is 0.222. The normalized spacial score (nSPS) is 18.2. The molecular formula is C27H24N4O7. The van der Waals surface area contributed by atoms with Crippen molar-refractivity contribution in [2.45, 2.75) is 18.5 Å². The average Bonchev–Trinajstić information content (AvgIpc) is 3.47. The molecule has 38 heavy (non-hydrogen) atoms. The Balaban J connectivity index is 1.56. The number of fused-ring (bicyclic) bond motifs is 4. The maximum atomic E-state index is 12.9. The molecule has 11 nitrogen and oxygen atoms in total. The van der Waals surface area contributed by atoms with Crippen molar-refractivity contribution >= 4 is 28.4 Å². The highest BCUT2D eigenvalue weighted by Gasteiger charge is 2.46. The number of aromatic nitrogens is 1. The van der Waals surface area contributed by atoms with E-state index in [1.807, 2.05) is 18.2 Å². The molecule has 1 aromatic heterocycles. The van der Waals surface area contributed by atoms with Crippen LogP contribution in [-0.2, 0) is 11.2 Å². The largest absolute Gasteiger partial charge is 0.502 e. The molecule has 0 spiro atoms. The molecule has 0 radical (unpaired) electrons. The molecule has 3 aromatic carbocycles. The number of carbonyl (C=O) groups excluding carboxylic acids is 1. The van der Waals surface area contributed by atoms with Gasteiger partial charge in [-0.3, -0.25) is 15.0 Å². The van der Waals surface area contributed by atoms with Gasteiger partial charge in [-0.25, -0.2) is 4.79 Å². The third-order valence-electron chi connectivity index (χ3n) is 7.28. The molecule has 4 N–H and O–H groups in total. The van der Waals surface area contributed by atoms with Gasteiger partial charge in [0.15, 0.2) is 11.5 Å². The van der Waals surface area contributed by atoms with Crippen molar-refractivity contribution in [3.8, 4) is 28.4 Å². The van der Waals surface area contributed by atoms with Crippen LogP contribution in [0, 0.1) is 10.1 Å². The molecule has 1 amide bonds. The lowest BCUT2D eigenvalue weighted by Gasteiger charge is -2.36. The number of benzene rings is 3. The number of cyclic esters (lactones) is 1. The number of nitrogens with two attached hydrogens (primary N) is 1.